The number of ketones is 1. The number of thioether (sulfide) groups is 1. The van der Waals surface area contributed by atoms with Crippen LogP contribution >= 0.6 is 23.1 Å². The molecule has 6 heteroatoms. The number of carbonyl (C=O) groups is 1. The molecule has 0 N–H and O–H groups in total. The van der Waals surface area contributed by atoms with E-state index in [1.165, 1.54) is 22.2 Å². The highest BCUT2D eigenvalue weighted by molar-refractivity contribution is 8.00. The van der Waals surface area contributed by atoms with Crippen LogP contribution in [-0.2, 0) is 19.4 Å². The van der Waals surface area contributed by atoms with Gasteiger partial charge in [-0.15, -0.1) is 21.5 Å². The number of benzene rings is 2. The molecule has 1 atom stereocenters. The largest absolute Gasteiger partial charge is 0.305 e. The molecule has 0 spiro atoms. The first-order valence-electron chi connectivity index (χ1n) is 9.95. The lowest BCUT2D eigenvalue weighted by Gasteiger charge is -2.13. The zero-order chi connectivity index (χ0) is 20.8. The molecule has 0 saturated carbocycles. The van der Waals surface area contributed by atoms with E-state index < -0.39 is 0 Å². The molecule has 30 heavy (non-hydrogen) atoms. The Kier molecular flexibility index (Phi) is 6.77. The minimum Gasteiger partial charge on any atom is -0.305 e. The summed E-state index contributed by atoms with van der Waals surface area (Å²) in [5.41, 5.74) is 2.00. The normalized spacial score (nSPS) is 12.0. The molecule has 0 aliphatic heterocycles. The lowest BCUT2D eigenvalue weighted by molar-refractivity contribution is 0.0994. The average Bonchev–Trinajstić information content (AvgIpc) is 3.43. The molecule has 0 bridgehead atoms. The molecule has 2 aromatic heterocycles. The molecule has 152 valence electrons. The Balaban J connectivity index is 1.55. The summed E-state index contributed by atoms with van der Waals surface area (Å²) in [5, 5.41) is 11.6. The van der Waals surface area contributed by atoms with Crippen molar-refractivity contribution in [3.8, 4) is 0 Å². The fourth-order valence-corrected chi connectivity index (χ4v) is 4.94. The van der Waals surface area contributed by atoms with Crippen LogP contribution in [0.2, 0.25) is 0 Å². The Morgan fingerprint density at radius 2 is 1.73 bits per heavy atom. The van der Waals surface area contributed by atoms with Crippen molar-refractivity contribution in [1.82, 2.24) is 14.8 Å². The van der Waals surface area contributed by atoms with E-state index in [0.717, 1.165) is 35.9 Å². The lowest BCUT2D eigenvalue weighted by Crippen LogP contribution is -2.15. The number of carbonyl (C=O) groups excluding carboxylic acids is 1. The third-order valence-electron chi connectivity index (χ3n) is 4.88. The summed E-state index contributed by atoms with van der Waals surface area (Å²) in [6, 6.07) is 24.0. The van der Waals surface area contributed by atoms with Crippen LogP contribution in [-0.4, -0.2) is 25.8 Å². The molecule has 1 unspecified atom stereocenters. The van der Waals surface area contributed by atoms with Crippen molar-refractivity contribution in [3.05, 3.63) is 100 Å². The predicted octanol–water partition coefficient (Wildman–Crippen LogP) is 5.54. The summed E-state index contributed by atoms with van der Waals surface area (Å²) in [6.45, 7) is 2.72. The third kappa shape index (κ3) is 5.07. The quantitative estimate of drug-likeness (QED) is 0.257. The average molecular weight is 434 g/mol. The van der Waals surface area contributed by atoms with Crippen LogP contribution in [0.1, 0.15) is 33.5 Å². The lowest BCUT2D eigenvalue weighted by atomic mass is 10.1. The zero-order valence-electron chi connectivity index (χ0n) is 16.8. The maximum absolute atomic E-state index is 12.8. The summed E-state index contributed by atoms with van der Waals surface area (Å²) in [5.74, 6) is 1.05. The second-order valence-corrected chi connectivity index (χ2v) is 9.37. The van der Waals surface area contributed by atoms with Crippen LogP contribution in [0.4, 0.5) is 0 Å². The van der Waals surface area contributed by atoms with Crippen molar-refractivity contribution >= 4 is 28.9 Å². The molecular formula is C24H23N3OS2. The van der Waals surface area contributed by atoms with Crippen LogP contribution in [0.3, 0.4) is 0 Å². The number of aryl methyl sites for hydroxylation is 1. The van der Waals surface area contributed by atoms with Crippen molar-refractivity contribution in [2.75, 3.05) is 0 Å². The number of thiophene rings is 1. The third-order valence-corrected chi connectivity index (χ3v) is 6.84. The molecular weight excluding hydrogens is 410 g/mol. The number of nitrogens with zero attached hydrogens (tertiary/aromatic N) is 3. The van der Waals surface area contributed by atoms with Crippen molar-refractivity contribution in [2.24, 2.45) is 0 Å². The van der Waals surface area contributed by atoms with E-state index in [-0.39, 0.29) is 11.0 Å². The van der Waals surface area contributed by atoms with Crippen molar-refractivity contribution in [2.45, 2.75) is 36.7 Å². The van der Waals surface area contributed by atoms with Gasteiger partial charge in [-0.05, 0) is 30.4 Å². The molecule has 4 nitrogen and oxygen atoms in total. The Hall–Kier alpha value is -2.70. The van der Waals surface area contributed by atoms with Gasteiger partial charge in [0.15, 0.2) is 10.9 Å². The topological polar surface area (TPSA) is 47.8 Å². The van der Waals surface area contributed by atoms with E-state index in [2.05, 4.69) is 56.5 Å². The number of Topliss-reactive ketones (excluding diaryl/α,β-unsaturated/α-hetero) is 1. The first kappa shape index (κ1) is 20.6. The summed E-state index contributed by atoms with van der Waals surface area (Å²) in [7, 11) is 0. The van der Waals surface area contributed by atoms with E-state index in [0.29, 0.717) is 0 Å². The van der Waals surface area contributed by atoms with Gasteiger partial charge in [0, 0.05) is 23.4 Å². The summed E-state index contributed by atoms with van der Waals surface area (Å²) < 4.78 is 2.17. The van der Waals surface area contributed by atoms with Gasteiger partial charge in [0.2, 0.25) is 0 Å². The van der Waals surface area contributed by atoms with Crippen LogP contribution in [0.5, 0.6) is 0 Å². The van der Waals surface area contributed by atoms with Crippen LogP contribution in [0.25, 0.3) is 0 Å². The molecule has 0 amide bonds. The van der Waals surface area contributed by atoms with Gasteiger partial charge in [0.1, 0.15) is 5.82 Å². The van der Waals surface area contributed by atoms with E-state index in [1.807, 2.05) is 43.3 Å². The van der Waals surface area contributed by atoms with Gasteiger partial charge in [-0.3, -0.25) is 4.79 Å². The maximum Gasteiger partial charge on any atom is 0.191 e. The minimum absolute atomic E-state index is 0.109. The number of hydrogen-bond acceptors (Lipinski definition) is 5. The van der Waals surface area contributed by atoms with Gasteiger partial charge >= 0.3 is 0 Å². The highest BCUT2D eigenvalue weighted by Crippen LogP contribution is 2.26. The predicted molar refractivity (Wildman–Crippen MR) is 123 cm³/mol. The van der Waals surface area contributed by atoms with Gasteiger partial charge in [0.05, 0.1) is 5.25 Å². The van der Waals surface area contributed by atoms with Gasteiger partial charge in [0.25, 0.3) is 0 Å². The highest BCUT2D eigenvalue weighted by Gasteiger charge is 2.21. The van der Waals surface area contributed by atoms with Crippen molar-refractivity contribution < 1.29 is 4.79 Å². The fourth-order valence-electron chi connectivity index (χ4n) is 3.26. The molecule has 0 radical (unpaired) electrons. The molecule has 2 heterocycles. The molecule has 4 rings (SSSR count). The number of rotatable bonds is 9. The molecule has 0 aliphatic carbocycles. The summed E-state index contributed by atoms with van der Waals surface area (Å²) >= 11 is 3.21. The van der Waals surface area contributed by atoms with E-state index in [1.54, 1.807) is 11.3 Å². The van der Waals surface area contributed by atoms with E-state index >= 15 is 0 Å². The molecule has 0 aliphatic rings. The highest BCUT2D eigenvalue weighted by atomic mass is 32.2. The fraction of sp³-hybridized carbons (Fsp3) is 0.208. The summed E-state index contributed by atoms with van der Waals surface area (Å²) in [6.07, 6.45) is 1.64. The Morgan fingerprint density at radius 3 is 2.43 bits per heavy atom. The van der Waals surface area contributed by atoms with E-state index in [4.69, 9.17) is 0 Å². The van der Waals surface area contributed by atoms with Crippen LogP contribution < -0.4 is 0 Å². The van der Waals surface area contributed by atoms with Crippen LogP contribution in [0.15, 0.2) is 83.3 Å². The minimum atomic E-state index is -0.235. The molecule has 0 fully saturated rings. The second kappa shape index (κ2) is 9.87. The second-order valence-electron chi connectivity index (χ2n) is 7.03. The van der Waals surface area contributed by atoms with Gasteiger partial charge < -0.3 is 4.57 Å². The van der Waals surface area contributed by atoms with Gasteiger partial charge in [-0.2, -0.15) is 0 Å². The van der Waals surface area contributed by atoms with Crippen molar-refractivity contribution in [3.63, 3.8) is 0 Å². The molecule has 2 aromatic carbocycles. The van der Waals surface area contributed by atoms with Crippen molar-refractivity contribution in [1.29, 1.82) is 0 Å². The van der Waals surface area contributed by atoms with Crippen LogP contribution in [0, 0.1) is 0 Å². The first-order chi connectivity index (χ1) is 14.7. The molecule has 4 aromatic rings. The molecule has 0 saturated heterocycles. The Bertz CT molecular complexity index is 1080. The first-order valence-corrected chi connectivity index (χ1v) is 11.7. The number of hydrogen-bond donors (Lipinski definition) is 0. The van der Waals surface area contributed by atoms with E-state index in [9.17, 15) is 4.79 Å². The Morgan fingerprint density at radius 1 is 1.00 bits per heavy atom. The SMILES string of the molecule is CC(Sc1nnc(Cc2cccs2)n1CCc1ccccc1)C(=O)c1ccccc1. The number of aromatic nitrogens is 3. The zero-order valence-corrected chi connectivity index (χ0v) is 18.4. The van der Waals surface area contributed by atoms with Gasteiger partial charge in [-0.1, -0.05) is 78.5 Å². The standard InChI is InChI=1S/C24H23N3OS2/c1-18(23(28)20-11-6-3-7-12-20)30-24-26-25-22(17-21-13-8-16-29-21)27(24)15-14-19-9-4-2-5-10-19/h2-13,16,18H,14-15,17H2,1H3. The monoisotopic (exact) mass is 433 g/mol. The smallest absolute Gasteiger partial charge is 0.191 e. The maximum atomic E-state index is 12.8. The Labute approximate surface area is 185 Å². The van der Waals surface area contributed by atoms with Gasteiger partial charge in [-0.25, -0.2) is 0 Å². The summed E-state index contributed by atoms with van der Waals surface area (Å²) in [4.78, 5) is 14.1.